The predicted octanol–water partition coefficient (Wildman–Crippen LogP) is 7.39. The zero-order chi connectivity index (χ0) is 35.8. The largest absolute Gasteiger partial charge is 0.411 e. The minimum absolute atomic E-state index is 0.00653. The summed E-state index contributed by atoms with van der Waals surface area (Å²) in [6.07, 6.45) is -5.85. The second-order valence-corrected chi connectivity index (χ2v) is 10.0. The van der Waals surface area contributed by atoms with Crippen LogP contribution in [0.4, 0.5) is 26.3 Å². The van der Waals surface area contributed by atoms with Crippen molar-refractivity contribution in [2.75, 3.05) is 26.4 Å². The molecule has 0 radical (unpaired) electrons. The lowest BCUT2D eigenvalue weighted by Gasteiger charge is -2.05. The Morgan fingerprint density at radius 1 is 0.565 bits per heavy atom. The van der Waals surface area contributed by atoms with Gasteiger partial charge in [0.2, 0.25) is 0 Å². The van der Waals surface area contributed by atoms with Crippen LogP contribution in [0, 0.1) is 11.8 Å². The number of benzene rings is 1. The Kier molecular flexibility index (Phi) is 18.7. The number of ether oxygens (including phenoxy) is 2. The summed E-state index contributed by atoms with van der Waals surface area (Å²) in [5.74, 6) is -6.18. The lowest BCUT2D eigenvalue weighted by molar-refractivity contribution is -0.174. The van der Waals surface area contributed by atoms with Gasteiger partial charge in [-0.15, -0.1) is 0 Å². The van der Waals surface area contributed by atoms with E-state index in [4.69, 9.17) is 0 Å². The van der Waals surface area contributed by atoms with E-state index in [1.54, 1.807) is 27.7 Å². The molecule has 260 valence electrons. The number of alkyl halides is 6. The van der Waals surface area contributed by atoms with Crippen molar-refractivity contribution in [3.63, 3.8) is 0 Å². The first-order valence-electron chi connectivity index (χ1n) is 15.1. The molecule has 0 fully saturated rings. The van der Waals surface area contributed by atoms with E-state index in [9.17, 15) is 55.1 Å². The first-order chi connectivity index (χ1) is 21.4. The van der Waals surface area contributed by atoms with Crippen molar-refractivity contribution in [1.29, 1.82) is 0 Å². The third-order valence-electron chi connectivity index (χ3n) is 6.13. The summed E-state index contributed by atoms with van der Waals surface area (Å²) < 4.78 is 76.0. The van der Waals surface area contributed by atoms with Crippen LogP contribution in [0.1, 0.15) is 121 Å². The Bertz CT molecular complexity index is 1080. The molecule has 0 atom stereocenters. The zero-order valence-electron chi connectivity index (χ0n) is 26.9. The van der Waals surface area contributed by atoms with Crippen LogP contribution in [-0.4, -0.2) is 73.5 Å². The number of carbonyl (C=O) groups excluding carboxylic acids is 6. The predicted molar refractivity (Wildman–Crippen MR) is 156 cm³/mol. The maximum Gasteiger partial charge on any atom is 0.411 e. The third kappa shape index (κ3) is 12.9. The number of fused-ring (bicyclic) bond motifs is 2. The number of hydrogen-bond acceptors (Lipinski definition) is 8. The van der Waals surface area contributed by atoms with Crippen molar-refractivity contribution in [1.82, 2.24) is 0 Å². The van der Waals surface area contributed by atoms with E-state index in [1.807, 2.05) is 13.8 Å². The Hall–Kier alpha value is -3.26. The summed E-state index contributed by atoms with van der Waals surface area (Å²) in [7, 11) is 0. The van der Waals surface area contributed by atoms with Crippen molar-refractivity contribution in [2.45, 2.75) is 92.4 Å². The second kappa shape index (κ2) is 20.1. The minimum Gasteiger partial charge on any atom is -0.372 e. The van der Waals surface area contributed by atoms with Crippen LogP contribution < -0.4 is 0 Å². The number of halogens is 6. The highest BCUT2D eigenvalue weighted by molar-refractivity contribution is 6.39. The molecule has 1 aromatic rings. The first kappa shape index (κ1) is 42.7. The van der Waals surface area contributed by atoms with Crippen molar-refractivity contribution >= 4 is 34.7 Å². The van der Waals surface area contributed by atoms with Crippen molar-refractivity contribution in [2.24, 2.45) is 11.8 Å². The number of Topliss-reactive ketones (excluding diaryl/α,β-unsaturated/α-hetero) is 6. The molecule has 0 unspecified atom stereocenters. The van der Waals surface area contributed by atoms with Crippen LogP contribution in [-0.2, 0) is 19.1 Å². The standard InChI is InChI=1S/C20H18O6.2C5H9F3O.C2H6/c1-3-5-13(21)15-17(23)9-7-11-12(8-10(9)18(15)24)20(26)16(19(11)25)14(22)6-4-2;2*1-2-3-9-4-5(6,7)8;1-2/h7-8,15-16H,3-6H2,1-2H3;2*2-4H2,1H3;1-2H3. The zero-order valence-corrected chi connectivity index (χ0v) is 26.9. The SMILES string of the molecule is CC.CCCC(=O)C1C(=O)c2cc3c(cc2C1=O)C(=O)C(C(=O)CCC)C3=O.CCCOCC(F)(F)F.CCCOCC(F)(F)F. The van der Waals surface area contributed by atoms with Gasteiger partial charge in [0.15, 0.2) is 34.7 Å². The molecule has 8 nitrogen and oxygen atoms in total. The lowest BCUT2D eigenvalue weighted by Crippen LogP contribution is -2.26. The van der Waals surface area contributed by atoms with E-state index >= 15 is 0 Å². The van der Waals surface area contributed by atoms with E-state index in [0.717, 1.165) is 0 Å². The molecular formula is C32H42F6O8. The fourth-order valence-corrected chi connectivity index (χ4v) is 4.31. The van der Waals surface area contributed by atoms with Crippen LogP contribution in [0.15, 0.2) is 12.1 Å². The summed E-state index contributed by atoms with van der Waals surface area (Å²) >= 11 is 0. The Morgan fingerprint density at radius 2 is 0.826 bits per heavy atom. The molecule has 0 N–H and O–H groups in total. The van der Waals surface area contributed by atoms with Gasteiger partial charge in [0.05, 0.1) is 0 Å². The normalized spacial score (nSPS) is 14.4. The highest BCUT2D eigenvalue weighted by Crippen LogP contribution is 2.36. The topological polar surface area (TPSA) is 121 Å². The van der Waals surface area contributed by atoms with E-state index in [2.05, 4.69) is 9.47 Å². The lowest BCUT2D eigenvalue weighted by atomic mass is 9.94. The summed E-state index contributed by atoms with van der Waals surface area (Å²) in [5, 5.41) is 0. The molecule has 46 heavy (non-hydrogen) atoms. The van der Waals surface area contributed by atoms with Gasteiger partial charge in [0.1, 0.15) is 25.0 Å². The average Bonchev–Trinajstić information content (AvgIpc) is 3.36. The van der Waals surface area contributed by atoms with Crippen LogP contribution in [0.25, 0.3) is 0 Å². The van der Waals surface area contributed by atoms with Crippen LogP contribution in [0.5, 0.6) is 0 Å². The summed E-state index contributed by atoms with van der Waals surface area (Å²) in [5.41, 5.74) is -0.0261. The maximum absolute atomic E-state index is 12.5. The van der Waals surface area contributed by atoms with E-state index in [1.165, 1.54) is 12.1 Å². The van der Waals surface area contributed by atoms with E-state index < -0.39 is 72.1 Å². The number of carbonyl (C=O) groups is 6. The molecular weight excluding hydrogens is 626 g/mol. The van der Waals surface area contributed by atoms with Gasteiger partial charge in [-0.3, -0.25) is 28.8 Å². The molecule has 0 saturated heterocycles. The molecule has 2 aliphatic carbocycles. The summed E-state index contributed by atoms with van der Waals surface area (Å²) in [6, 6.07) is 2.42. The molecule has 0 amide bonds. The van der Waals surface area contributed by atoms with Crippen molar-refractivity contribution in [3.8, 4) is 0 Å². The van der Waals surface area contributed by atoms with Gasteiger partial charge < -0.3 is 9.47 Å². The molecule has 2 aliphatic rings. The molecule has 3 rings (SSSR count). The van der Waals surface area contributed by atoms with Crippen molar-refractivity contribution in [3.05, 3.63) is 34.4 Å². The molecule has 0 aliphatic heterocycles. The van der Waals surface area contributed by atoms with Crippen LogP contribution >= 0.6 is 0 Å². The van der Waals surface area contributed by atoms with Gasteiger partial charge in [-0.05, 0) is 37.8 Å². The van der Waals surface area contributed by atoms with E-state index in [0.29, 0.717) is 25.7 Å². The highest BCUT2D eigenvalue weighted by atomic mass is 19.4. The number of ketones is 6. The monoisotopic (exact) mass is 668 g/mol. The molecule has 0 heterocycles. The van der Waals surface area contributed by atoms with Crippen LogP contribution in [0.2, 0.25) is 0 Å². The van der Waals surface area contributed by atoms with Crippen molar-refractivity contribution < 1.29 is 64.6 Å². The molecule has 0 aromatic heterocycles. The van der Waals surface area contributed by atoms with E-state index in [-0.39, 0.29) is 48.3 Å². The summed E-state index contributed by atoms with van der Waals surface area (Å²) in [6.45, 7) is 9.18. The van der Waals surface area contributed by atoms with Gasteiger partial charge in [0, 0.05) is 48.3 Å². The Balaban J connectivity index is 0.000000835. The molecule has 14 heteroatoms. The summed E-state index contributed by atoms with van der Waals surface area (Å²) in [4.78, 5) is 74.3. The Labute approximate surface area is 264 Å². The molecule has 0 saturated carbocycles. The van der Waals surface area contributed by atoms with Gasteiger partial charge in [0.25, 0.3) is 0 Å². The van der Waals surface area contributed by atoms with Gasteiger partial charge >= 0.3 is 12.4 Å². The van der Waals surface area contributed by atoms with Gasteiger partial charge in [-0.25, -0.2) is 0 Å². The number of hydrogen-bond donors (Lipinski definition) is 0. The average molecular weight is 669 g/mol. The fourth-order valence-electron chi connectivity index (χ4n) is 4.31. The highest BCUT2D eigenvalue weighted by Gasteiger charge is 2.48. The minimum atomic E-state index is -4.17. The smallest absolute Gasteiger partial charge is 0.372 e. The molecule has 1 aromatic carbocycles. The second-order valence-electron chi connectivity index (χ2n) is 10.0. The maximum atomic E-state index is 12.5. The third-order valence-corrected chi connectivity index (χ3v) is 6.13. The molecule has 0 bridgehead atoms. The van der Waals surface area contributed by atoms with Gasteiger partial charge in [-0.2, -0.15) is 26.3 Å². The first-order valence-corrected chi connectivity index (χ1v) is 15.1. The number of rotatable bonds is 12. The molecule has 0 spiro atoms. The fraction of sp³-hybridized carbons (Fsp3) is 0.625. The Morgan fingerprint density at radius 3 is 1.02 bits per heavy atom. The van der Waals surface area contributed by atoms with Gasteiger partial charge in [-0.1, -0.05) is 41.5 Å². The quantitative estimate of drug-likeness (QED) is 0.128. The van der Waals surface area contributed by atoms with Crippen LogP contribution in [0.3, 0.4) is 0 Å².